The lowest BCUT2D eigenvalue weighted by atomic mass is 10.00. The average molecular weight is 287 g/mol. The van der Waals surface area contributed by atoms with Crippen LogP contribution in [0.5, 0.6) is 0 Å². The van der Waals surface area contributed by atoms with Crippen molar-refractivity contribution in [3.63, 3.8) is 0 Å². The second-order valence-corrected chi connectivity index (χ2v) is 6.61. The molecule has 0 bridgehead atoms. The third kappa shape index (κ3) is 4.00. The molecule has 8 heteroatoms. The van der Waals surface area contributed by atoms with Crippen molar-refractivity contribution in [2.75, 3.05) is 26.7 Å². The predicted molar refractivity (Wildman–Crippen MR) is 72.6 cm³/mol. The van der Waals surface area contributed by atoms with Crippen molar-refractivity contribution in [1.82, 2.24) is 24.5 Å². The largest absolute Gasteiger partial charge is 0.319 e. The smallest absolute Gasteiger partial charge is 0.279 e. The molecule has 0 saturated carbocycles. The van der Waals surface area contributed by atoms with Crippen molar-refractivity contribution < 1.29 is 8.42 Å². The number of nitrogens with zero attached hydrogens (tertiary/aromatic N) is 2. The molecule has 0 spiro atoms. The van der Waals surface area contributed by atoms with Crippen LogP contribution in [-0.4, -0.2) is 49.6 Å². The van der Waals surface area contributed by atoms with Gasteiger partial charge in [0, 0.05) is 31.4 Å². The van der Waals surface area contributed by atoms with Crippen molar-refractivity contribution in [3.05, 3.63) is 18.0 Å². The molecule has 0 aliphatic carbocycles. The summed E-state index contributed by atoms with van der Waals surface area (Å²) in [5.74, 6) is 0.393. The quantitative estimate of drug-likeness (QED) is 0.668. The molecule has 1 unspecified atom stereocenters. The van der Waals surface area contributed by atoms with Crippen molar-refractivity contribution in [2.45, 2.75) is 19.4 Å². The molecule has 1 atom stereocenters. The molecule has 1 aromatic rings. The van der Waals surface area contributed by atoms with Gasteiger partial charge in [-0.05, 0) is 32.4 Å². The number of H-pyrrole nitrogens is 1. The summed E-state index contributed by atoms with van der Waals surface area (Å²) in [5, 5.41) is 9.56. The lowest BCUT2D eigenvalue weighted by Crippen LogP contribution is -2.47. The van der Waals surface area contributed by atoms with Crippen LogP contribution in [0.2, 0.25) is 0 Å². The van der Waals surface area contributed by atoms with E-state index in [-0.39, 0.29) is 6.54 Å². The van der Waals surface area contributed by atoms with Gasteiger partial charge < -0.3 is 5.32 Å². The molecular weight excluding hydrogens is 266 g/mol. The molecule has 3 N–H and O–H groups in total. The predicted octanol–water partition coefficient (Wildman–Crippen LogP) is -0.324. The summed E-state index contributed by atoms with van der Waals surface area (Å²) in [6.45, 7) is 2.31. The van der Waals surface area contributed by atoms with E-state index in [1.54, 1.807) is 16.7 Å². The van der Waals surface area contributed by atoms with Gasteiger partial charge in [-0.2, -0.15) is 22.5 Å². The van der Waals surface area contributed by atoms with E-state index in [9.17, 15) is 8.42 Å². The van der Waals surface area contributed by atoms with Crippen molar-refractivity contribution in [2.24, 2.45) is 5.92 Å². The zero-order chi connectivity index (χ0) is 13.7. The van der Waals surface area contributed by atoms with Crippen LogP contribution < -0.4 is 10.0 Å². The Hall–Kier alpha value is -0.960. The third-order valence-electron chi connectivity index (χ3n) is 3.33. The van der Waals surface area contributed by atoms with Gasteiger partial charge in [-0.1, -0.05) is 0 Å². The van der Waals surface area contributed by atoms with E-state index >= 15 is 0 Å². The van der Waals surface area contributed by atoms with E-state index in [0.717, 1.165) is 24.9 Å². The Labute approximate surface area is 113 Å². The van der Waals surface area contributed by atoms with E-state index in [1.165, 1.54) is 0 Å². The SMILES string of the molecule is CNCC1CCCN(S(=O)(=O)NCc2cn[nH]c2)C1. The number of hydrogen-bond donors (Lipinski definition) is 3. The van der Waals surface area contributed by atoms with Crippen LogP contribution >= 0.6 is 0 Å². The van der Waals surface area contributed by atoms with Gasteiger partial charge in [0.1, 0.15) is 0 Å². The fourth-order valence-electron chi connectivity index (χ4n) is 2.34. The first-order chi connectivity index (χ1) is 9.12. The minimum Gasteiger partial charge on any atom is -0.319 e. The number of rotatable bonds is 6. The summed E-state index contributed by atoms with van der Waals surface area (Å²) in [5.41, 5.74) is 0.826. The summed E-state index contributed by atoms with van der Waals surface area (Å²) in [4.78, 5) is 0. The maximum absolute atomic E-state index is 12.2. The molecular formula is C11H21N5O2S. The van der Waals surface area contributed by atoms with Crippen LogP contribution in [0.15, 0.2) is 12.4 Å². The van der Waals surface area contributed by atoms with Gasteiger partial charge in [-0.3, -0.25) is 5.10 Å². The molecule has 7 nitrogen and oxygen atoms in total. The fourth-order valence-corrected chi connectivity index (χ4v) is 3.65. The summed E-state index contributed by atoms with van der Waals surface area (Å²) < 4.78 is 28.5. The van der Waals surface area contributed by atoms with Crippen LogP contribution in [-0.2, 0) is 16.8 Å². The zero-order valence-corrected chi connectivity index (χ0v) is 11.9. The molecule has 0 amide bonds. The van der Waals surface area contributed by atoms with Crippen molar-refractivity contribution in [3.8, 4) is 0 Å². The van der Waals surface area contributed by atoms with Crippen LogP contribution in [0.3, 0.4) is 0 Å². The minimum atomic E-state index is -3.40. The van der Waals surface area contributed by atoms with E-state index in [0.29, 0.717) is 19.0 Å². The summed E-state index contributed by atoms with van der Waals surface area (Å²) in [7, 11) is -1.50. The van der Waals surface area contributed by atoms with E-state index in [4.69, 9.17) is 0 Å². The van der Waals surface area contributed by atoms with Gasteiger partial charge in [0.2, 0.25) is 0 Å². The van der Waals surface area contributed by atoms with Crippen molar-refractivity contribution in [1.29, 1.82) is 0 Å². The third-order valence-corrected chi connectivity index (χ3v) is 4.85. The summed E-state index contributed by atoms with van der Waals surface area (Å²) in [6, 6.07) is 0. The van der Waals surface area contributed by atoms with Gasteiger partial charge >= 0.3 is 0 Å². The molecule has 1 aliphatic rings. The second kappa shape index (κ2) is 6.47. The average Bonchev–Trinajstić information content (AvgIpc) is 2.90. The van der Waals surface area contributed by atoms with E-state index in [2.05, 4.69) is 20.2 Å². The highest BCUT2D eigenvalue weighted by molar-refractivity contribution is 7.87. The van der Waals surface area contributed by atoms with E-state index < -0.39 is 10.2 Å². The lowest BCUT2D eigenvalue weighted by molar-refractivity contribution is 0.261. The molecule has 0 aromatic carbocycles. The Bertz CT molecular complexity index is 471. The lowest BCUT2D eigenvalue weighted by Gasteiger charge is -2.31. The number of hydrogen-bond acceptors (Lipinski definition) is 4. The van der Waals surface area contributed by atoms with Crippen LogP contribution in [0, 0.1) is 5.92 Å². The molecule has 2 rings (SSSR count). The second-order valence-electron chi connectivity index (χ2n) is 4.86. The monoisotopic (exact) mass is 287 g/mol. The van der Waals surface area contributed by atoms with Crippen LogP contribution in [0.4, 0.5) is 0 Å². The number of aromatic nitrogens is 2. The molecule has 1 fully saturated rings. The fraction of sp³-hybridized carbons (Fsp3) is 0.727. The van der Waals surface area contributed by atoms with E-state index in [1.807, 2.05) is 7.05 Å². The topological polar surface area (TPSA) is 90.1 Å². The Morgan fingerprint density at radius 2 is 2.42 bits per heavy atom. The van der Waals surface area contributed by atoms with Gasteiger partial charge in [0.25, 0.3) is 10.2 Å². The van der Waals surface area contributed by atoms with Gasteiger partial charge in [-0.25, -0.2) is 0 Å². The standard InChI is InChI=1S/C11H21N5O2S/c1-12-5-10-3-2-4-16(9-10)19(17,18)15-8-11-6-13-14-7-11/h6-7,10,12,15H,2-5,8-9H2,1H3,(H,13,14). The first-order valence-corrected chi connectivity index (χ1v) is 7.93. The summed E-state index contributed by atoms with van der Waals surface area (Å²) in [6.07, 6.45) is 5.29. The normalized spacial score (nSPS) is 21.6. The number of piperidine rings is 1. The Kier molecular flexibility index (Phi) is 4.92. The molecule has 2 heterocycles. The van der Waals surface area contributed by atoms with Gasteiger partial charge in [0.15, 0.2) is 0 Å². The zero-order valence-electron chi connectivity index (χ0n) is 11.1. The minimum absolute atomic E-state index is 0.270. The number of nitrogens with one attached hydrogen (secondary N) is 3. The maximum Gasteiger partial charge on any atom is 0.279 e. The molecule has 19 heavy (non-hydrogen) atoms. The Morgan fingerprint density at radius 3 is 3.11 bits per heavy atom. The highest BCUT2D eigenvalue weighted by atomic mass is 32.2. The molecule has 108 valence electrons. The highest BCUT2D eigenvalue weighted by Gasteiger charge is 2.28. The van der Waals surface area contributed by atoms with Crippen LogP contribution in [0.1, 0.15) is 18.4 Å². The van der Waals surface area contributed by atoms with Crippen LogP contribution in [0.25, 0.3) is 0 Å². The van der Waals surface area contributed by atoms with Gasteiger partial charge in [0.05, 0.1) is 6.20 Å². The molecule has 1 aromatic heterocycles. The van der Waals surface area contributed by atoms with Gasteiger partial charge in [-0.15, -0.1) is 0 Å². The Morgan fingerprint density at radius 1 is 1.58 bits per heavy atom. The molecule has 0 radical (unpaired) electrons. The summed E-state index contributed by atoms with van der Waals surface area (Å²) >= 11 is 0. The Balaban J connectivity index is 1.91. The first kappa shape index (κ1) is 14.4. The number of aromatic amines is 1. The van der Waals surface area contributed by atoms with Crippen molar-refractivity contribution >= 4 is 10.2 Å². The maximum atomic E-state index is 12.2. The molecule has 1 aliphatic heterocycles. The first-order valence-electron chi connectivity index (χ1n) is 6.49. The highest BCUT2D eigenvalue weighted by Crippen LogP contribution is 2.18. The molecule has 1 saturated heterocycles.